The lowest BCUT2D eigenvalue weighted by molar-refractivity contribution is -0.141. The van der Waals surface area contributed by atoms with Gasteiger partial charge in [0, 0.05) is 25.1 Å². The molecule has 0 saturated heterocycles. The van der Waals surface area contributed by atoms with E-state index in [0.717, 1.165) is 23.3 Å². The second kappa shape index (κ2) is 11.5. The number of carbonyl (C=O) groups excluding carboxylic acids is 2. The molecule has 1 aliphatic rings. The summed E-state index contributed by atoms with van der Waals surface area (Å²) in [6.07, 6.45) is 1.05. The average Bonchev–Trinajstić information content (AvgIpc) is 3.36. The van der Waals surface area contributed by atoms with Crippen LogP contribution in [0.25, 0.3) is 0 Å². The Hall–Kier alpha value is -3.16. The standard InChI is InChI=1S/C28H32N2O4S/c1-20-4-8-22(9-5-20)28-24-13-17-35-25(24)12-14-30(28)27(32)19-29(15-16-33-2)26(31)18-21-6-10-23(34-3)11-7-21/h4-11,13,17,28H,12,14-16,18-19H2,1-3H3. The summed E-state index contributed by atoms with van der Waals surface area (Å²) in [7, 11) is 3.21. The van der Waals surface area contributed by atoms with Gasteiger partial charge in [-0.3, -0.25) is 9.59 Å². The molecule has 3 aromatic rings. The van der Waals surface area contributed by atoms with Crippen LogP contribution < -0.4 is 4.74 Å². The molecule has 1 aliphatic heterocycles. The molecule has 0 N–H and O–H groups in total. The topological polar surface area (TPSA) is 59.1 Å². The Morgan fingerprint density at radius 2 is 1.80 bits per heavy atom. The van der Waals surface area contributed by atoms with E-state index >= 15 is 0 Å². The molecule has 184 valence electrons. The van der Waals surface area contributed by atoms with E-state index in [0.29, 0.717) is 19.7 Å². The molecule has 0 bridgehead atoms. The molecule has 2 amide bonds. The van der Waals surface area contributed by atoms with Gasteiger partial charge in [0.2, 0.25) is 11.8 Å². The van der Waals surface area contributed by atoms with Gasteiger partial charge in [-0.2, -0.15) is 0 Å². The number of nitrogens with zero attached hydrogens (tertiary/aromatic N) is 2. The van der Waals surface area contributed by atoms with E-state index in [1.54, 1.807) is 30.5 Å². The Balaban J connectivity index is 1.53. The number of aryl methyl sites for hydroxylation is 1. The second-order valence-corrected chi connectivity index (χ2v) is 9.78. The quantitative estimate of drug-likeness (QED) is 0.448. The number of methoxy groups -OCH3 is 2. The number of benzene rings is 2. The fraction of sp³-hybridized carbons (Fsp3) is 0.357. The first-order valence-corrected chi connectivity index (χ1v) is 12.7. The average molecular weight is 493 g/mol. The lowest BCUT2D eigenvalue weighted by atomic mass is 9.92. The first-order chi connectivity index (χ1) is 17.0. The van der Waals surface area contributed by atoms with E-state index in [2.05, 4.69) is 42.6 Å². The van der Waals surface area contributed by atoms with Crippen molar-refractivity contribution < 1.29 is 19.1 Å². The van der Waals surface area contributed by atoms with Gasteiger partial charge in [0.05, 0.1) is 32.7 Å². The lowest BCUT2D eigenvalue weighted by Crippen LogP contribution is -2.47. The predicted molar refractivity (Wildman–Crippen MR) is 138 cm³/mol. The monoisotopic (exact) mass is 492 g/mol. The molecule has 7 heteroatoms. The van der Waals surface area contributed by atoms with E-state index in [1.807, 2.05) is 29.2 Å². The fourth-order valence-electron chi connectivity index (χ4n) is 4.47. The van der Waals surface area contributed by atoms with Crippen molar-refractivity contribution in [1.82, 2.24) is 9.80 Å². The largest absolute Gasteiger partial charge is 0.497 e. The van der Waals surface area contributed by atoms with Crippen molar-refractivity contribution in [3.63, 3.8) is 0 Å². The van der Waals surface area contributed by atoms with Gasteiger partial charge in [-0.15, -0.1) is 11.3 Å². The predicted octanol–water partition coefficient (Wildman–Crippen LogP) is 4.26. The molecule has 0 radical (unpaired) electrons. The van der Waals surface area contributed by atoms with Gasteiger partial charge in [-0.1, -0.05) is 42.0 Å². The number of carbonyl (C=O) groups is 2. The summed E-state index contributed by atoms with van der Waals surface area (Å²) in [6.45, 7) is 3.46. The molecule has 1 atom stereocenters. The van der Waals surface area contributed by atoms with Crippen molar-refractivity contribution in [2.24, 2.45) is 0 Å². The lowest BCUT2D eigenvalue weighted by Gasteiger charge is -2.37. The van der Waals surface area contributed by atoms with Crippen molar-refractivity contribution >= 4 is 23.2 Å². The van der Waals surface area contributed by atoms with E-state index in [9.17, 15) is 9.59 Å². The summed E-state index contributed by atoms with van der Waals surface area (Å²) in [6, 6.07) is 17.8. The van der Waals surface area contributed by atoms with Gasteiger partial charge < -0.3 is 19.3 Å². The highest BCUT2D eigenvalue weighted by Gasteiger charge is 2.33. The van der Waals surface area contributed by atoms with Crippen LogP contribution in [0.5, 0.6) is 5.75 Å². The number of rotatable bonds is 9. The molecule has 0 saturated carbocycles. The SMILES string of the molecule is COCCN(CC(=O)N1CCc2sccc2C1c1ccc(C)cc1)C(=O)Cc1ccc(OC)cc1. The smallest absolute Gasteiger partial charge is 0.242 e. The molecule has 0 spiro atoms. The molecule has 4 rings (SSSR count). The molecule has 0 aliphatic carbocycles. The van der Waals surface area contributed by atoms with Crippen LogP contribution in [0.15, 0.2) is 60.0 Å². The molecule has 6 nitrogen and oxygen atoms in total. The maximum absolute atomic E-state index is 13.7. The highest BCUT2D eigenvalue weighted by atomic mass is 32.1. The zero-order valence-electron chi connectivity index (χ0n) is 20.5. The summed E-state index contributed by atoms with van der Waals surface area (Å²) in [5.74, 6) is 0.597. The van der Waals surface area contributed by atoms with Crippen LogP contribution in [0.2, 0.25) is 0 Å². The molecule has 0 fully saturated rings. The minimum Gasteiger partial charge on any atom is -0.497 e. The third kappa shape index (κ3) is 5.92. The van der Waals surface area contributed by atoms with Gasteiger partial charge in [-0.05, 0) is 53.6 Å². The van der Waals surface area contributed by atoms with Crippen molar-refractivity contribution in [1.29, 1.82) is 0 Å². The third-order valence-electron chi connectivity index (χ3n) is 6.44. The number of ether oxygens (including phenoxy) is 2. The second-order valence-electron chi connectivity index (χ2n) is 8.78. The van der Waals surface area contributed by atoms with E-state index in [1.165, 1.54) is 16.0 Å². The zero-order valence-corrected chi connectivity index (χ0v) is 21.3. The van der Waals surface area contributed by atoms with Crippen molar-refractivity contribution in [2.75, 3.05) is 40.5 Å². The minimum atomic E-state index is -0.140. The van der Waals surface area contributed by atoms with Crippen LogP contribution in [-0.2, 0) is 27.2 Å². The van der Waals surface area contributed by atoms with E-state index in [4.69, 9.17) is 9.47 Å². The molecular weight excluding hydrogens is 460 g/mol. The highest BCUT2D eigenvalue weighted by molar-refractivity contribution is 7.10. The molecule has 1 aromatic heterocycles. The Bertz CT molecular complexity index is 1140. The van der Waals surface area contributed by atoms with E-state index in [-0.39, 0.29) is 30.8 Å². The zero-order chi connectivity index (χ0) is 24.8. The normalized spacial score (nSPS) is 14.9. The number of hydrogen-bond acceptors (Lipinski definition) is 5. The number of amides is 2. The Kier molecular flexibility index (Phi) is 8.21. The van der Waals surface area contributed by atoms with Gasteiger partial charge in [0.15, 0.2) is 0 Å². The Morgan fingerprint density at radius 1 is 1.06 bits per heavy atom. The summed E-state index contributed by atoms with van der Waals surface area (Å²) in [5, 5.41) is 2.10. The molecule has 2 aromatic carbocycles. The van der Waals surface area contributed by atoms with Crippen LogP contribution in [0, 0.1) is 6.92 Å². The summed E-state index contributed by atoms with van der Waals surface area (Å²) >= 11 is 1.75. The summed E-state index contributed by atoms with van der Waals surface area (Å²) < 4.78 is 10.4. The van der Waals surface area contributed by atoms with Crippen molar-refractivity contribution in [2.45, 2.75) is 25.8 Å². The Labute approximate surface area is 211 Å². The van der Waals surface area contributed by atoms with Gasteiger partial charge in [0.1, 0.15) is 5.75 Å². The maximum atomic E-state index is 13.7. The van der Waals surface area contributed by atoms with E-state index < -0.39 is 0 Å². The van der Waals surface area contributed by atoms with Crippen LogP contribution in [-0.4, -0.2) is 62.1 Å². The molecule has 35 heavy (non-hydrogen) atoms. The minimum absolute atomic E-state index is 0.0280. The van der Waals surface area contributed by atoms with Gasteiger partial charge in [-0.25, -0.2) is 0 Å². The van der Waals surface area contributed by atoms with Gasteiger partial charge in [0.25, 0.3) is 0 Å². The first-order valence-electron chi connectivity index (χ1n) is 11.8. The van der Waals surface area contributed by atoms with Crippen molar-refractivity contribution in [3.8, 4) is 5.75 Å². The third-order valence-corrected chi connectivity index (χ3v) is 7.43. The number of thiophene rings is 1. The highest BCUT2D eigenvalue weighted by Crippen LogP contribution is 2.38. The van der Waals surface area contributed by atoms with Crippen LogP contribution in [0.1, 0.15) is 33.2 Å². The number of fused-ring (bicyclic) bond motifs is 1. The molecular formula is C28H32N2O4S. The number of hydrogen-bond donors (Lipinski definition) is 0. The fourth-order valence-corrected chi connectivity index (χ4v) is 5.37. The molecule has 1 unspecified atom stereocenters. The molecule has 2 heterocycles. The maximum Gasteiger partial charge on any atom is 0.242 e. The van der Waals surface area contributed by atoms with Crippen LogP contribution in [0.4, 0.5) is 0 Å². The van der Waals surface area contributed by atoms with Crippen molar-refractivity contribution in [3.05, 3.63) is 87.1 Å². The van der Waals surface area contributed by atoms with Crippen LogP contribution in [0.3, 0.4) is 0 Å². The summed E-state index contributed by atoms with van der Waals surface area (Å²) in [5.41, 5.74) is 4.34. The van der Waals surface area contributed by atoms with Crippen LogP contribution >= 0.6 is 11.3 Å². The van der Waals surface area contributed by atoms with Gasteiger partial charge >= 0.3 is 0 Å². The summed E-state index contributed by atoms with van der Waals surface area (Å²) in [4.78, 5) is 31.8. The first kappa shape index (κ1) is 24.9. The Morgan fingerprint density at radius 3 is 2.49 bits per heavy atom.